The molecule has 1 amide bonds. The maximum Gasteiger partial charge on any atom is 0.272 e. The second-order valence-electron chi connectivity index (χ2n) is 6.22. The van der Waals surface area contributed by atoms with Gasteiger partial charge in [0.2, 0.25) is 5.91 Å². The SMILES string of the molecule is Cc1c(CC(=O)N2C(C)CN(C)CC2C)cccc1[N+](=O)[O-]. The number of nitrogens with zero attached hydrogens (tertiary/aromatic N) is 3. The molecule has 1 aliphatic rings. The molecular weight excluding hydrogens is 282 g/mol. The van der Waals surface area contributed by atoms with Gasteiger partial charge in [0.15, 0.2) is 0 Å². The third-order valence-electron chi connectivity index (χ3n) is 4.35. The van der Waals surface area contributed by atoms with Crippen LogP contribution in [0.2, 0.25) is 0 Å². The third-order valence-corrected chi connectivity index (χ3v) is 4.35. The Labute approximate surface area is 130 Å². The largest absolute Gasteiger partial charge is 0.334 e. The van der Waals surface area contributed by atoms with E-state index in [9.17, 15) is 14.9 Å². The number of piperazine rings is 1. The number of benzene rings is 1. The molecule has 0 aromatic heterocycles. The number of carbonyl (C=O) groups excluding carboxylic acids is 1. The van der Waals surface area contributed by atoms with E-state index in [-0.39, 0.29) is 30.1 Å². The van der Waals surface area contributed by atoms with Crippen LogP contribution in [-0.2, 0) is 11.2 Å². The second-order valence-corrected chi connectivity index (χ2v) is 6.22. The molecule has 0 N–H and O–H groups in total. The van der Waals surface area contributed by atoms with Gasteiger partial charge in [0, 0.05) is 36.8 Å². The molecule has 22 heavy (non-hydrogen) atoms. The van der Waals surface area contributed by atoms with E-state index >= 15 is 0 Å². The maximum absolute atomic E-state index is 12.7. The number of nitro groups is 1. The van der Waals surface area contributed by atoms with Crippen LogP contribution < -0.4 is 0 Å². The normalized spacial score (nSPS) is 22.6. The zero-order chi connectivity index (χ0) is 16.4. The zero-order valence-corrected chi connectivity index (χ0v) is 13.6. The Hall–Kier alpha value is -1.95. The zero-order valence-electron chi connectivity index (χ0n) is 13.6. The fraction of sp³-hybridized carbons (Fsp3) is 0.562. The van der Waals surface area contributed by atoms with Crippen molar-refractivity contribution in [3.63, 3.8) is 0 Å². The maximum atomic E-state index is 12.7. The Balaban J connectivity index is 2.19. The fourth-order valence-corrected chi connectivity index (χ4v) is 3.39. The first kappa shape index (κ1) is 16.4. The molecule has 2 rings (SSSR count). The number of hydrogen-bond acceptors (Lipinski definition) is 4. The number of carbonyl (C=O) groups is 1. The van der Waals surface area contributed by atoms with Gasteiger partial charge >= 0.3 is 0 Å². The molecular formula is C16H23N3O3. The summed E-state index contributed by atoms with van der Waals surface area (Å²) >= 11 is 0. The van der Waals surface area contributed by atoms with Crippen LogP contribution in [0.15, 0.2) is 18.2 Å². The molecule has 0 bridgehead atoms. The molecule has 0 spiro atoms. The molecule has 1 heterocycles. The van der Waals surface area contributed by atoms with Crippen molar-refractivity contribution >= 4 is 11.6 Å². The minimum atomic E-state index is -0.398. The highest BCUT2D eigenvalue weighted by Crippen LogP contribution is 2.23. The van der Waals surface area contributed by atoms with Crippen LogP contribution in [0, 0.1) is 17.0 Å². The van der Waals surface area contributed by atoms with Gasteiger partial charge in [-0.1, -0.05) is 12.1 Å². The van der Waals surface area contributed by atoms with Gasteiger partial charge in [-0.3, -0.25) is 14.9 Å². The minimum absolute atomic E-state index is 0.0386. The lowest BCUT2D eigenvalue weighted by Crippen LogP contribution is -2.57. The van der Waals surface area contributed by atoms with Gasteiger partial charge < -0.3 is 9.80 Å². The van der Waals surface area contributed by atoms with Crippen molar-refractivity contribution in [2.24, 2.45) is 0 Å². The summed E-state index contributed by atoms with van der Waals surface area (Å²) in [7, 11) is 2.06. The molecule has 0 radical (unpaired) electrons. The number of amides is 1. The molecule has 1 aromatic rings. The Kier molecular flexibility index (Phi) is 4.81. The Morgan fingerprint density at radius 2 is 1.91 bits per heavy atom. The summed E-state index contributed by atoms with van der Waals surface area (Å²) in [6.07, 6.45) is 0.214. The summed E-state index contributed by atoms with van der Waals surface area (Å²) in [4.78, 5) is 27.4. The standard InChI is InChI=1S/C16H23N3O3/c1-11-9-17(4)10-12(2)18(11)16(20)8-14-6-5-7-15(13(14)3)19(21)22/h5-7,11-12H,8-10H2,1-4H3. The highest BCUT2D eigenvalue weighted by Gasteiger charge is 2.31. The molecule has 2 atom stereocenters. The highest BCUT2D eigenvalue weighted by atomic mass is 16.6. The fourth-order valence-electron chi connectivity index (χ4n) is 3.39. The minimum Gasteiger partial charge on any atom is -0.334 e. The summed E-state index contributed by atoms with van der Waals surface area (Å²) in [6, 6.07) is 5.22. The predicted octanol–water partition coefficient (Wildman–Crippen LogP) is 2.00. The molecule has 1 aliphatic heterocycles. The number of rotatable bonds is 3. The first-order chi connectivity index (χ1) is 10.3. The molecule has 120 valence electrons. The van der Waals surface area contributed by atoms with Crippen molar-refractivity contribution in [2.45, 2.75) is 39.3 Å². The van der Waals surface area contributed by atoms with Crippen molar-refractivity contribution in [3.8, 4) is 0 Å². The monoisotopic (exact) mass is 305 g/mol. The molecule has 6 nitrogen and oxygen atoms in total. The van der Waals surface area contributed by atoms with Crippen molar-refractivity contribution in [2.75, 3.05) is 20.1 Å². The van der Waals surface area contributed by atoms with Crippen LogP contribution in [0.4, 0.5) is 5.69 Å². The molecule has 2 unspecified atom stereocenters. The summed E-state index contributed by atoms with van der Waals surface area (Å²) < 4.78 is 0. The Bertz CT molecular complexity index is 576. The lowest BCUT2D eigenvalue weighted by molar-refractivity contribution is -0.385. The van der Waals surface area contributed by atoms with Crippen LogP contribution in [-0.4, -0.2) is 52.9 Å². The van der Waals surface area contributed by atoms with Crippen molar-refractivity contribution in [3.05, 3.63) is 39.4 Å². The average molecular weight is 305 g/mol. The van der Waals surface area contributed by atoms with Gasteiger partial charge in [-0.2, -0.15) is 0 Å². The van der Waals surface area contributed by atoms with Crippen molar-refractivity contribution in [1.82, 2.24) is 9.80 Å². The second kappa shape index (κ2) is 6.44. The lowest BCUT2D eigenvalue weighted by atomic mass is 10.0. The number of likely N-dealkylation sites (N-methyl/N-ethyl adjacent to an activating group) is 1. The van der Waals surface area contributed by atoms with Gasteiger partial charge in [0.05, 0.1) is 11.3 Å². The van der Waals surface area contributed by atoms with Gasteiger partial charge in [0.1, 0.15) is 0 Å². The summed E-state index contributed by atoms with van der Waals surface area (Å²) in [5.41, 5.74) is 1.39. The third kappa shape index (κ3) is 3.27. The van der Waals surface area contributed by atoms with Gasteiger partial charge in [-0.25, -0.2) is 0 Å². The van der Waals surface area contributed by atoms with E-state index in [4.69, 9.17) is 0 Å². The van der Waals surface area contributed by atoms with E-state index < -0.39 is 4.92 Å². The Morgan fingerprint density at radius 3 is 2.45 bits per heavy atom. The van der Waals surface area contributed by atoms with Gasteiger partial charge in [0.25, 0.3) is 5.69 Å². The van der Waals surface area contributed by atoms with Crippen molar-refractivity contribution < 1.29 is 9.72 Å². The lowest BCUT2D eigenvalue weighted by Gasteiger charge is -2.43. The van der Waals surface area contributed by atoms with Crippen molar-refractivity contribution in [1.29, 1.82) is 0 Å². The molecule has 1 saturated heterocycles. The summed E-state index contributed by atoms with van der Waals surface area (Å²) in [6.45, 7) is 7.50. The summed E-state index contributed by atoms with van der Waals surface area (Å²) in [5.74, 6) is 0.0386. The topological polar surface area (TPSA) is 66.7 Å². The summed E-state index contributed by atoms with van der Waals surface area (Å²) in [5, 5.41) is 11.0. The number of hydrogen-bond donors (Lipinski definition) is 0. The first-order valence-electron chi connectivity index (χ1n) is 7.53. The van der Waals surface area contributed by atoms with E-state index in [1.165, 1.54) is 6.07 Å². The van der Waals surface area contributed by atoms with Crippen LogP contribution in [0.3, 0.4) is 0 Å². The Morgan fingerprint density at radius 1 is 1.32 bits per heavy atom. The van der Waals surface area contributed by atoms with E-state index in [0.29, 0.717) is 5.56 Å². The van der Waals surface area contributed by atoms with E-state index in [1.54, 1.807) is 19.1 Å². The van der Waals surface area contributed by atoms with E-state index in [0.717, 1.165) is 18.7 Å². The number of nitro benzene ring substituents is 1. The van der Waals surface area contributed by atoms with E-state index in [1.807, 2.05) is 18.7 Å². The average Bonchev–Trinajstić information content (AvgIpc) is 2.39. The smallest absolute Gasteiger partial charge is 0.272 e. The van der Waals surface area contributed by atoms with E-state index in [2.05, 4.69) is 11.9 Å². The molecule has 1 aromatic carbocycles. The van der Waals surface area contributed by atoms with Crippen LogP contribution in [0.5, 0.6) is 0 Å². The quantitative estimate of drug-likeness (QED) is 0.633. The highest BCUT2D eigenvalue weighted by molar-refractivity contribution is 5.80. The van der Waals surface area contributed by atoms with Crippen LogP contribution in [0.25, 0.3) is 0 Å². The molecule has 0 saturated carbocycles. The van der Waals surface area contributed by atoms with Gasteiger partial charge in [-0.05, 0) is 33.4 Å². The first-order valence-corrected chi connectivity index (χ1v) is 7.53. The van der Waals surface area contributed by atoms with Gasteiger partial charge in [-0.15, -0.1) is 0 Å². The van der Waals surface area contributed by atoms with Crippen LogP contribution >= 0.6 is 0 Å². The molecule has 0 aliphatic carbocycles. The van der Waals surface area contributed by atoms with Crippen LogP contribution in [0.1, 0.15) is 25.0 Å². The predicted molar refractivity (Wildman–Crippen MR) is 84.8 cm³/mol. The molecule has 6 heteroatoms. The molecule has 1 fully saturated rings.